The Labute approximate surface area is 310 Å². The van der Waals surface area contributed by atoms with E-state index in [-0.39, 0.29) is 5.41 Å². The number of rotatable bonds is 2. The Balaban J connectivity index is 1.12. The maximum atomic E-state index is 6.40. The van der Waals surface area contributed by atoms with Crippen LogP contribution in [0.4, 0.5) is 0 Å². The lowest BCUT2D eigenvalue weighted by molar-refractivity contribution is 0.661. The van der Waals surface area contributed by atoms with Crippen molar-refractivity contribution in [1.29, 1.82) is 0 Å². The van der Waals surface area contributed by atoms with E-state index in [2.05, 4.69) is 172 Å². The Morgan fingerprint density at radius 1 is 0.415 bits per heavy atom. The van der Waals surface area contributed by atoms with Gasteiger partial charge in [-0.3, -0.25) is 0 Å². The predicted octanol–water partition coefficient (Wildman–Crippen LogP) is 15.1. The van der Waals surface area contributed by atoms with Gasteiger partial charge in [-0.2, -0.15) is 0 Å². The van der Waals surface area contributed by atoms with Gasteiger partial charge in [0.1, 0.15) is 11.2 Å². The van der Waals surface area contributed by atoms with Crippen molar-refractivity contribution >= 4 is 85.8 Å². The SMILES string of the molecule is CC1(C)c2cc(-c3c4ccccc4c(-c4ccc5sc6ccccc6c5c4)c4ccccc34)ccc2-c2c1ccc1ccc3oc4ccccc4c3c21. The van der Waals surface area contributed by atoms with Gasteiger partial charge in [0.05, 0.1) is 0 Å². The van der Waals surface area contributed by atoms with E-state index in [1.54, 1.807) is 0 Å². The zero-order chi connectivity index (χ0) is 35.0. The Kier molecular flexibility index (Phi) is 5.78. The molecule has 0 amide bonds. The lowest BCUT2D eigenvalue weighted by atomic mass is 9.80. The minimum Gasteiger partial charge on any atom is -0.456 e. The molecule has 0 atom stereocenters. The molecule has 1 aliphatic rings. The van der Waals surface area contributed by atoms with E-state index in [0.717, 1.165) is 11.2 Å². The molecule has 0 unspecified atom stereocenters. The highest BCUT2D eigenvalue weighted by Gasteiger charge is 2.37. The number of fused-ring (bicyclic) bond motifs is 14. The van der Waals surface area contributed by atoms with Crippen molar-refractivity contribution < 1.29 is 4.42 Å². The third-order valence-corrected chi connectivity index (χ3v) is 13.2. The summed E-state index contributed by atoms with van der Waals surface area (Å²) < 4.78 is 9.06. The quantitative estimate of drug-likeness (QED) is 0.164. The van der Waals surface area contributed by atoms with Gasteiger partial charge in [-0.25, -0.2) is 0 Å². The van der Waals surface area contributed by atoms with Gasteiger partial charge in [0, 0.05) is 41.7 Å². The molecule has 2 aromatic heterocycles. The standard InChI is InChI=1S/C51H32OS/c1-51(2)40-24-20-29-21-25-43-50(38-16-7-9-17-42(38)52-43)48(29)49(40)37-23-19-31(28-41(37)51)47-35-14-5-3-12-33(35)46(34-13-4-6-15-36(34)47)30-22-26-45-39(27-30)32-11-8-10-18-44(32)53-45/h3-28H,1-2H3. The zero-order valence-electron chi connectivity index (χ0n) is 29.3. The third-order valence-electron chi connectivity index (χ3n) is 12.0. The number of thiophene rings is 1. The molecule has 1 nitrogen and oxygen atoms in total. The molecule has 9 aromatic carbocycles. The highest BCUT2D eigenvalue weighted by molar-refractivity contribution is 7.25. The Morgan fingerprint density at radius 3 is 1.74 bits per heavy atom. The monoisotopic (exact) mass is 692 g/mol. The average Bonchev–Trinajstić information content (AvgIpc) is 3.84. The summed E-state index contributed by atoms with van der Waals surface area (Å²) in [6.07, 6.45) is 0. The molecule has 53 heavy (non-hydrogen) atoms. The van der Waals surface area contributed by atoms with Crippen molar-refractivity contribution in [3.05, 3.63) is 169 Å². The molecule has 0 spiro atoms. The molecule has 0 fully saturated rings. The second kappa shape index (κ2) is 10.4. The van der Waals surface area contributed by atoms with Crippen molar-refractivity contribution in [2.45, 2.75) is 19.3 Å². The topological polar surface area (TPSA) is 13.1 Å². The van der Waals surface area contributed by atoms with Crippen molar-refractivity contribution in [2.24, 2.45) is 0 Å². The number of para-hydroxylation sites is 1. The summed E-state index contributed by atoms with van der Waals surface area (Å²) in [5.74, 6) is 0. The first-order chi connectivity index (χ1) is 26.0. The predicted molar refractivity (Wildman–Crippen MR) is 228 cm³/mol. The van der Waals surface area contributed by atoms with Crippen LogP contribution in [0.15, 0.2) is 162 Å². The highest BCUT2D eigenvalue weighted by atomic mass is 32.1. The van der Waals surface area contributed by atoms with E-state index in [1.165, 1.54) is 108 Å². The molecule has 0 saturated heterocycles. The first-order valence-corrected chi connectivity index (χ1v) is 19.2. The minimum absolute atomic E-state index is 0.180. The largest absolute Gasteiger partial charge is 0.456 e. The smallest absolute Gasteiger partial charge is 0.136 e. The van der Waals surface area contributed by atoms with Gasteiger partial charge in [0.2, 0.25) is 0 Å². The van der Waals surface area contributed by atoms with Crippen LogP contribution in [0.5, 0.6) is 0 Å². The van der Waals surface area contributed by atoms with E-state index in [9.17, 15) is 0 Å². The van der Waals surface area contributed by atoms with Crippen LogP contribution in [-0.4, -0.2) is 0 Å². The van der Waals surface area contributed by atoms with Crippen LogP contribution >= 0.6 is 11.3 Å². The molecule has 1 aliphatic carbocycles. The number of hydrogen-bond acceptors (Lipinski definition) is 2. The molecule has 0 radical (unpaired) electrons. The van der Waals surface area contributed by atoms with Gasteiger partial charge in [-0.1, -0.05) is 135 Å². The molecule has 248 valence electrons. The summed E-state index contributed by atoms with van der Waals surface area (Å²) in [5.41, 5.74) is 12.2. The Hall–Kier alpha value is -6.22. The number of hydrogen-bond donors (Lipinski definition) is 0. The molecule has 0 bridgehead atoms. The van der Waals surface area contributed by atoms with Gasteiger partial charge in [0.25, 0.3) is 0 Å². The van der Waals surface area contributed by atoms with Crippen molar-refractivity contribution in [1.82, 2.24) is 0 Å². The third kappa shape index (κ3) is 3.91. The van der Waals surface area contributed by atoms with Crippen LogP contribution in [0.3, 0.4) is 0 Å². The van der Waals surface area contributed by atoms with E-state index < -0.39 is 0 Å². The molecule has 11 aromatic rings. The summed E-state index contributed by atoms with van der Waals surface area (Å²) in [5, 5.41) is 12.7. The molecular formula is C51H32OS. The van der Waals surface area contributed by atoms with Gasteiger partial charge < -0.3 is 4.42 Å². The first-order valence-electron chi connectivity index (χ1n) is 18.4. The Morgan fingerprint density at radius 2 is 1.00 bits per heavy atom. The normalized spacial score (nSPS) is 13.6. The molecule has 0 saturated carbocycles. The summed E-state index contributed by atoms with van der Waals surface area (Å²) >= 11 is 1.87. The molecule has 2 heteroatoms. The average molecular weight is 693 g/mol. The van der Waals surface area contributed by atoms with Crippen molar-refractivity contribution in [3.8, 4) is 33.4 Å². The van der Waals surface area contributed by atoms with E-state index >= 15 is 0 Å². The van der Waals surface area contributed by atoms with Gasteiger partial charge in [0.15, 0.2) is 0 Å². The number of furan rings is 1. The van der Waals surface area contributed by atoms with Gasteiger partial charge in [-0.15, -0.1) is 11.3 Å². The lowest BCUT2D eigenvalue weighted by Crippen LogP contribution is -2.15. The summed E-state index contributed by atoms with van der Waals surface area (Å²) in [6, 6.07) is 58.6. The first kappa shape index (κ1) is 29.4. The minimum atomic E-state index is -0.180. The summed E-state index contributed by atoms with van der Waals surface area (Å²) in [4.78, 5) is 0. The molecule has 12 rings (SSSR count). The second-order valence-electron chi connectivity index (χ2n) is 15.2. The Bertz CT molecular complexity index is 3320. The van der Waals surface area contributed by atoms with Gasteiger partial charge >= 0.3 is 0 Å². The van der Waals surface area contributed by atoms with E-state index in [0.29, 0.717) is 0 Å². The van der Waals surface area contributed by atoms with Crippen molar-refractivity contribution in [2.75, 3.05) is 0 Å². The maximum absolute atomic E-state index is 6.40. The fraction of sp³-hybridized carbons (Fsp3) is 0.0588. The molecule has 0 aliphatic heterocycles. The second-order valence-corrected chi connectivity index (χ2v) is 16.2. The maximum Gasteiger partial charge on any atom is 0.136 e. The molecular weight excluding hydrogens is 661 g/mol. The lowest BCUT2D eigenvalue weighted by Gasteiger charge is -2.23. The van der Waals surface area contributed by atoms with Crippen LogP contribution in [0.1, 0.15) is 25.0 Å². The van der Waals surface area contributed by atoms with Crippen LogP contribution in [-0.2, 0) is 5.41 Å². The van der Waals surface area contributed by atoms with Crippen LogP contribution in [0.2, 0.25) is 0 Å². The van der Waals surface area contributed by atoms with Gasteiger partial charge in [-0.05, 0) is 108 Å². The fourth-order valence-corrected chi connectivity index (χ4v) is 10.7. The zero-order valence-corrected chi connectivity index (χ0v) is 30.1. The molecule has 2 heterocycles. The fourth-order valence-electron chi connectivity index (χ4n) is 9.64. The highest BCUT2D eigenvalue weighted by Crippen LogP contribution is 2.55. The molecule has 0 N–H and O–H groups in total. The van der Waals surface area contributed by atoms with E-state index in [1.807, 2.05) is 11.3 Å². The summed E-state index contributed by atoms with van der Waals surface area (Å²) in [7, 11) is 0. The summed E-state index contributed by atoms with van der Waals surface area (Å²) in [6.45, 7) is 4.79. The number of benzene rings is 9. The van der Waals surface area contributed by atoms with E-state index in [4.69, 9.17) is 4.42 Å². The van der Waals surface area contributed by atoms with Crippen LogP contribution in [0.25, 0.3) is 108 Å². The van der Waals surface area contributed by atoms with Crippen LogP contribution in [0, 0.1) is 0 Å². The van der Waals surface area contributed by atoms with Crippen LogP contribution < -0.4 is 0 Å². The van der Waals surface area contributed by atoms with Crippen molar-refractivity contribution in [3.63, 3.8) is 0 Å².